The molecular weight excluding hydrogens is 196 g/mol. The third-order valence-corrected chi connectivity index (χ3v) is 3.72. The fourth-order valence-electron chi connectivity index (χ4n) is 2.20. The second kappa shape index (κ2) is 4.90. The van der Waals surface area contributed by atoms with Crippen molar-refractivity contribution in [3.63, 3.8) is 0 Å². The maximum absolute atomic E-state index is 10.3. The Morgan fingerprint density at radius 3 is 2.81 bits per heavy atom. The molecule has 0 aromatic rings. The third kappa shape index (κ3) is 2.58. The zero-order chi connectivity index (χ0) is 11.5. The second-order valence-electron chi connectivity index (χ2n) is 5.13. The van der Waals surface area contributed by atoms with Crippen LogP contribution in [0.25, 0.3) is 0 Å². The van der Waals surface area contributed by atoms with Crippen LogP contribution < -0.4 is 0 Å². The number of rotatable bonds is 4. The molecule has 1 atom stereocenters. The highest BCUT2D eigenvalue weighted by atomic mass is 16.3. The molecule has 2 rings (SSSR count). The topological polar surface area (TPSA) is 20.2 Å². The first-order chi connectivity index (χ1) is 7.72. The van der Waals surface area contributed by atoms with Gasteiger partial charge in [-0.1, -0.05) is 32.1 Å². The van der Waals surface area contributed by atoms with Gasteiger partial charge in [-0.15, -0.1) is 0 Å². The van der Waals surface area contributed by atoms with Gasteiger partial charge in [-0.05, 0) is 55.1 Å². The molecule has 16 heavy (non-hydrogen) atoms. The van der Waals surface area contributed by atoms with E-state index in [0.717, 1.165) is 30.8 Å². The third-order valence-electron chi connectivity index (χ3n) is 3.72. The molecule has 2 aliphatic rings. The van der Waals surface area contributed by atoms with E-state index in [-0.39, 0.29) is 0 Å². The van der Waals surface area contributed by atoms with Gasteiger partial charge in [-0.3, -0.25) is 0 Å². The summed E-state index contributed by atoms with van der Waals surface area (Å²) in [5, 5.41) is 10.3. The molecule has 2 aliphatic carbocycles. The minimum atomic E-state index is 0.456. The zero-order valence-corrected chi connectivity index (χ0v) is 10.4. The molecule has 1 unspecified atom stereocenters. The lowest BCUT2D eigenvalue weighted by atomic mass is 9.94. The Hall–Kier alpha value is -0.980. The lowest BCUT2D eigenvalue weighted by Gasteiger charge is -2.14. The normalized spacial score (nSPS) is 23.0. The fraction of sp³-hybridized carbons (Fsp3) is 0.600. The molecule has 1 fully saturated rings. The lowest BCUT2D eigenvalue weighted by Crippen LogP contribution is -2.02. The Morgan fingerprint density at radius 1 is 1.44 bits per heavy atom. The van der Waals surface area contributed by atoms with E-state index in [1.807, 2.05) is 0 Å². The van der Waals surface area contributed by atoms with Crippen LogP contribution in [0, 0.1) is 11.8 Å². The van der Waals surface area contributed by atoms with Gasteiger partial charge < -0.3 is 5.11 Å². The Bertz CT molecular complexity index is 342. The van der Waals surface area contributed by atoms with Gasteiger partial charge in [-0.2, -0.15) is 0 Å². The van der Waals surface area contributed by atoms with Gasteiger partial charge in [0.2, 0.25) is 0 Å². The average molecular weight is 218 g/mol. The molecule has 0 amide bonds. The van der Waals surface area contributed by atoms with E-state index >= 15 is 0 Å². The van der Waals surface area contributed by atoms with Gasteiger partial charge in [0.25, 0.3) is 0 Å². The van der Waals surface area contributed by atoms with Crippen molar-refractivity contribution in [3.05, 3.63) is 35.1 Å². The molecule has 1 N–H and O–H groups in total. The fourth-order valence-corrected chi connectivity index (χ4v) is 2.20. The molecule has 1 heteroatoms. The van der Waals surface area contributed by atoms with Crippen LogP contribution in [0.1, 0.15) is 46.0 Å². The first-order valence-corrected chi connectivity index (χ1v) is 6.51. The molecule has 0 aromatic carbocycles. The van der Waals surface area contributed by atoms with Crippen LogP contribution in [0.15, 0.2) is 35.1 Å². The molecule has 0 saturated heterocycles. The summed E-state index contributed by atoms with van der Waals surface area (Å²) in [5.41, 5.74) is 2.31. The van der Waals surface area contributed by atoms with Crippen LogP contribution >= 0.6 is 0 Å². The minimum absolute atomic E-state index is 0.456. The molecule has 0 aliphatic heterocycles. The van der Waals surface area contributed by atoms with E-state index in [0.29, 0.717) is 11.7 Å². The van der Waals surface area contributed by atoms with Crippen molar-refractivity contribution < 1.29 is 5.11 Å². The Morgan fingerprint density at radius 2 is 2.19 bits per heavy atom. The van der Waals surface area contributed by atoms with Crippen LogP contribution in [0.2, 0.25) is 0 Å². The molecular formula is C15H22O. The van der Waals surface area contributed by atoms with Gasteiger partial charge in [0.15, 0.2) is 0 Å². The van der Waals surface area contributed by atoms with E-state index in [9.17, 15) is 5.11 Å². The van der Waals surface area contributed by atoms with Crippen molar-refractivity contribution in [3.8, 4) is 0 Å². The monoisotopic (exact) mass is 218 g/mol. The highest BCUT2D eigenvalue weighted by molar-refractivity contribution is 5.39. The van der Waals surface area contributed by atoms with Crippen molar-refractivity contribution in [1.82, 2.24) is 0 Å². The SMILES string of the molecule is CCC(C)C1=C(O)C(CC2CC2)=CCC=C1. The molecule has 88 valence electrons. The molecule has 0 radical (unpaired) electrons. The summed E-state index contributed by atoms with van der Waals surface area (Å²) in [7, 11) is 0. The number of hydrogen-bond acceptors (Lipinski definition) is 1. The summed E-state index contributed by atoms with van der Waals surface area (Å²) >= 11 is 0. The summed E-state index contributed by atoms with van der Waals surface area (Å²) in [6, 6.07) is 0. The lowest BCUT2D eigenvalue weighted by molar-refractivity contribution is 0.402. The van der Waals surface area contributed by atoms with Gasteiger partial charge in [-0.25, -0.2) is 0 Å². The predicted molar refractivity (Wildman–Crippen MR) is 68.3 cm³/mol. The van der Waals surface area contributed by atoms with Gasteiger partial charge in [0.1, 0.15) is 5.76 Å². The van der Waals surface area contributed by atoms with Crippen molar-refractivity contribution in [2.75, 3.05) is 0 Å². The Kier molecular flexibility index (Phi) is 3.52. The van der Waals surface area contributed by atoms with Crippen LogP contribution in [-0.4, -0.2) is 5.11 Å². The first-order valence-electron chi connectivity index (χ1n) is 6.51. The molecule has 0 aromatic heterocycles. The van der Waals surface area contributed by atoms with E-state index in [4.69, 9.17) is 0 Å². The van der Waals surface area contributed by atoms with Crippen molar-refractivity contribution in [2.45, 2.75) is 46.0 Å². The van der Waals surface area contributed by atoms with Crippen molar-refractivity contribution >= 4 is 0 Å². The molecule has 1 nitrogen and oxygen atoms in total. The summed E-state index contributed by atoms with van der Waals surface area (Å²) in [4.78, 5) is 0. The zero-order valence-electron chi connectivity index (χ0n) is 10.4. The number of aliphatic hydroxyl groups excluding tert-OH is 1. The maximum atomic E-state index is 10.3. The van der Waals surface area contributed by atoms with Crippen LogP contribution in [0.4, 0.5) is 0 Å². The Labute approximate surface area is 98.6 Å². The quantitative estimate of drug-likeness (QED) is 0.735. The highest BCUT2D eigenvalue weighted by Crippen LogP contribution is 2.38. The average Bonchev–Trinajstić information content (AvgIpc) is 3.09. The van der Waals surface area contributed by atoms with E-state index < -0.39 is 0 Å². The number of allylic oxidation sites excluding steroid dienone is 5. The predicted octanol–water partition coefficient (Wildman–Crippen LogP) is 4.53. The highest BCUT2D eigenvalue weighted by Gasteiger charge is 2.25. The van der Waals surface area contributed by atoms with E-state index in [2.05, 4.69) is 32.1 Å². The van der Waals surface area contributed by atoms with E-state index in [1.165, 1.54) is 18.4 Å². The van der Waals surface area contributed by atoms with Crippen LogP contribution in [-0.2, 0) is 0 Å². The van der Waals surface area contributed by atoms with E-state index in [1.54, 1.807) is 0 Å². The molecule has 0 bridgehead atoms. The van der Waals surface area contributed by atoms with Gasteiger partial charge in [0.05, 0.1) is 0 Å². The summed E-state index contributed by atoms with van der Waals surface area (Å²) in [5.74, 6) is 1.86. The minimum Gasteiger partial charge on any atom is -0.507 e. The smallest absolute Gasteiger partial charge is 0.121 e. The number of hydrogen-bond donors (Lipinski definition) is 1. The largest absolute Gasteiger partial charge is 0.507 e. The summed E-state index contributed by atoms with van der Waals surface area (Å²) < 4.78 is 0. The standard InChI is InChI=1S/C15H22O/c1-3-11(2)14-7-5-4-6-13(15(14)16)10-12-8-9-12/h5-7,11-12,16H,3-4,8-10H2,1-2H3. The molecule has 1 saturated carbocycles. The van der Waals surface area contributed by atoms with Crippen LogP contribution in [0.5, 0.6) is 0 Å². The second-order valence-corrected chi connectivity index (χ2v) is 5.13. The molecule has 0 spiro atoms. The van der Waals surface area contributed by atoms with Crippen LogP contribution in [0.3, 0.4) is 0 Å². The first kappa shape index (κ1) is 11.5. The summed E-state index contributed by atoms with van der Waals surface area (Å²) in [6.07, 6.45) is 12.3. The summed E-state index contributed by atoms with van der Waals surface area (Å²) in [6.45, 7) is 4.36. The number of aliphatic hydroxyl groups is 1. The van der Waals surface area contributed by atoms with Crippen molar-refractivity contribution in [2.24, 2.45) is 11.8 Å². The molecule has 0 heterocycles. The maximum Gasteiger partial charge on any atom is 0.121 e. The van der Waals surface area contributed by atoms with Gasteiger partial charge >= 0.3 is 0 Å². The van der Waals surface area contributed by atoms with Crippen molar-refractivity contribution in [1.29, 1.82) is 0 Å². The van der Waals surface area contributed by atoms with Gasteiger partial charge in [0, 0.05) is 0 Å². The Balaban J connectivity index is 2.20.